The highest BCUT2D eigenvalue weighted by molar-refractivity contribution is 6.30. The summed E-state index contributed by atoms with van der Waals surface area (Å²) in [6.07, 6.45) is 0.246. The molecule has 0 saturated carbocycles. The van der Waals surface area contributed by atoms with Crippen LogP contribution in [-0.4, -0.2) is 30.9 Å². The number of esters is 1. The fourth-order valence-corrected chi connectivity index (χ4v) is 2.18. The molecule has 0 radical (unpaired) electrons. The summed E-state index contributed by atoms with van der Waals surface area (Å²) in [6, 6.07) is 13.8. The summed E-state index contributed by atoms with van der Waals surface area (Å²) in [7, 11) is 1.26. The van der Waals surface area contributed by atoms with E-state index in [1.807, 2.05) is 42.5 Å². The summed E-state index contributed by atoms with van der Waals surface area (Å²) in [5.41, 5.74) is 0.912. The molecule has 0 aliphatic carbocycles. The van der Waals surface area contributed by atoms with Gasteiger partial charge in [0.15, 0.2) is 0 Å². The summed E-state index contributed by atoms with van der Waals surface area (Å²) in [5, 5.41) is 3.98. The molecule has 1 unspecified atom stereocenters. The van der Waals surface area contributed by atoms with E-state index in [0.717, 1.165) is 16.3 Å². The molecular weight excluding hydrogens is 290 g/mol. The zero-order valence-corrected chi connectivity index (χ0v) is 12.4. The number of carbonyl (C=O) groups is 2. The van der Waals surface area contributed by atoms with Gasteiger partial charge in [0.1, 0.15) is 5.38 Å². The molecule has 0 aliphatic heterocycles. The molecule has 2 aromatic carbocycles. The van der Waals surface area contributed by atoms with Crippen LogP contribution in [0.4, 0.5) is 0 Å². The molecule has 2 rings (SSSR count). The molecular formula is C16H16ClNO3. The first-order valence-electron chi connectivity index (χ1n) is 6.56. The summed E-state index contributed by atoms with van der Waals surface area (Å²) in [4.78, 5) is 23.0. The number of fused-ring (bicyclic) bond motifs is 1. The Morgan fingerprint density at radius 1 is 1.19 bits per heavy atom. The third-order valence-corrected chi connectivity index (χ3v) is 3.45. The number of hydrogen-bond acceptors (Lipinski definition) is 3. The number of amides is 1. The van der Waals surface area contributed by atoms with Crippen molar-refractivity contribution in [2.24, 2.45) is 0 Å². The van der Waals surface area contributed by atoms with Gasteiger partial charge in [0.2, 0.25) is 5.91 Å². The Balaban J connectivity index is 1.93. The number of halogens is 1. The molecule has 0 aliphatic rings. The summed E-state index contributed by atoms with van der Waals surface area (Å²) >= 11 is 5.77. The normalized spacial score (nSPS) is 11.9. The van der Waals surface area contributed by atoms with Gasteiger partial charge in [-0.25, -0.2) is 0 Å². The number of carbonyl (C=O) groups excluding carboxylic acids is 2. The zero-order valence-electron chi connectivity index (χ0n) is 11.6. The Labute approximate surface area is 128 Å². The molecule has 1 amide bonds. The summed E-state index contributed by atoms with van der Waals surface area (Å²) < 4.78 is 4.49. The van der Waals surface area contributed by atoms with Crippen molar-refractivity contribution in [1.82, 2.24) is 5.32 Å². The summed E-state index contributed by atoms with van der Waals surface area (Å²) in [5.74, 6) is -0.734. The average Bonchev–Trinajstić information content (AvgIpc) is 2.51. The predicted octanol–water partition coefficient (Wildman–Crippen LogP) is 2.28. The van der Waals surface area contributed by atoms with Crippen LogP contribution in [-0.2, 0) is 20.7 Å². The lowest BCUT2D eigenvalue weighted by atomic mass is 10.0. The number of rotatable bonds is 5. The van der Waals surface area contributed by atoms with Crippen LogP contribution in [0.1, 0.15) is 5.56 Å². The smallest absolute Gasteiger partial charge is 0.325 e. The van der Waals surface area contributed by atoms with Gasteiger partial charge in [-0.05, 0) is 16.3 Å². The van der Waals surface area contributed by atoms with Crippen LogP contribution in [0.5, 0.6) is 0 Å². The van der Waals surface area contributed by atoms with E-state index < -0.39 is 11.3 Å². The highest BCUT2D eigenvalue weighted by Crippen LogP contribution is 2.15. The number of methoxy groups -OCH3 is 1. The standard InChI is InChI=1S/C16H16ClNO3/c1-21-16(20)14(17)10-18-15(19)9-11-6-7-12-4-2-3-5-13(12)8-11/h2-8,14H,9-10H2,1H3,(H,18,19). The molecule has 2 aromatic rings. The number of ether oxygens (including phenoxy) is 1. The van der Waals surface area contributed by atoms with E-state index in [-0.39, 0.29) is 18.9 Å². The van der Waals surface area contributed by atoms with Gasteiger partial charge in [-0.3, -0.25) is 9.59 Å². The SMILES string of the molecule is COC(=O)C(Cl)CNC(=O)Cc1ccc2ccccc2c1. The molecule has 0 aromatic heterocycles. The molecule has 0 saturated heterocycles. The second-order valence-electron chi connectivity index (χ2n) is 4.65. The van der Waals surface area contributed by atoms with Gasteiger partial charge in [-0.15, -0.1) is 11.6 Å². The van der Waals surface area contributed by atoms with Gasteiger partial charge >= 0.3 is 5.97 Å². The van der Waals surface area contributed by atoms with Crippen molar-refractivity contribution >= 4 is 34.2 Å². The lowest BCUT2D eigenvalue weighted by molar-refractivity contribution is -0.140. The predicted molar refractivity (Wildman–Crippen MR) is 82.3 cm³/mol. The number of benzene rings is 2. The van der Waals surface area contributed by atoms with E-state index >= 15 is 0 Å². The molecule has 110 valence electrons. The van der Waals surface area contributed by atoms with Crippen LogP contribution in [0.25, 0.3) is 10.8 Å². The van der Waals surface area contributed by atoms with E-state index in [1.165, 1.54) is 7.11 Å². The quantitative estimate of drug-likeness (QED) is 0.681. The molecule has 0 bridgehead atoms. The van der Waals surface area contributed by atoms with Crippen LogP contribution in [0.15, 0.2) is 42.5 Å². The number of nitrogens with one attached hydrogen (secondary N) is 1. The van der Waals surface area contributed by atoms with Crippen LogP contribution in [0.3, 0.4) is 0 Å². The van der Waals surface area contributed by atoms with Gasteiger partial charge in [0.05, 0.1) is 13.5 Å². The van der Waals surface area contributed by atoms with Gasteiger partial charge < -0.3 is 10.1 Å². The van der Waals surface area contributed by atoms with Crippen LogP contribution in [0, 0.1) is 0 Å². The van der Waals surface area contributed by atoms with E-state index in [9.17, 15) is 9.59 Å². The minimum absolute atomic E-state index is 0.0562. The number of hydrogen-bond donors (Lipinski definition) is 1. The van der Waals surface area contributed by atoms with Crippen molar-refractivity contribution in [1.29, 1.82) is 0 Å². The van der Waals surface area contributed by atoms with Gasteiger partial charge in [0, 0.05) is 6.54 Å². The number of alkyl halides is 1. The van der Waals surface area contributed by atoms with Gasteiger partial charge in [-0.1, -0.05) is 42.5 Å². The maximum atomic E-state index is 11.8. The largest absolute Gasteiger partial charge is 0.468 e. The Morgan fingerprint density at radius 3 is 2.62 bits per heavy atom. The van der Waals surface area contributed by atoms with E-state index in [1.54, 1.807) is 0 Å². The fraction of sp³-hybridized carbons (Fsp3) is 0.250. The first kappa shape index (κ1) is 15.3. The van der Waals surface area contributed by atoms with Crippen molar-refractivity contribution < 1.29 is 14.3 Å². The van der Waals surface area contributed by atoms with E-state index in [4.69, 9.17) is 11.6 Å². The van der Waals surface area contributed by atoms with Gasteiger partial charge in [-0.2, -0.15) is 0 Å². The molecule has 1 atom stereocenters. The molecule has 5 heteroatoms. The monoisotopic (exact) mass is 305 g/mol. The molecule has 1 N–H and O–H groups in total. The van der Waals surface area contributed by atoms with E-state index in [2.05, 4.69) is 10.1 Å². The Bertz CT molecular complexity index is 657. The van der Waals surface area contributed by atoms with Crippen LogP contribution >= 0.6 is 11.6 Å². The lowest BCUT2D eigenvalue weighted by Crippen LogP contribution is -2.35. The molecule has 0 heterocycles. The van der Waals surface area contributed by atoms with Crippen molar-refractivity contribution in [3.05, 3.63) is 48.0 Å². The minimum atomic E-state index is -0.865. The van der Waals surface area contributed by atoms with Gasteiger partial charge in [0.25, 0.3) is 0 Å². The second kappa shape index (κ2) is 7.09. The Morgan fingerprint density at radius 2 is 1.90 bits per heavy atom. The highest BCUT2D eigenvalue weighted by atomic mass is 35.5. The second-order valence-corrected chi connectivity index (χ2v) is 5.18. The van der Waals surface area contributed by atoms with Crippen molar-refractivity contribution in [3.63, 3.8) is 0 Å². The average molecular weight is 306 g/mol. The third kappa shape index (κ3) is 4.20. The topological polar surface area (TPSA) is 55.4 Å². The highest BCUT2D eigenvalue weighted by Gasteiger charge is 2.16. The van der Waals surface area contributed by atoms with Crippen LogP contribution in [0.2, 0.25) is 0 Å². The Kier molecular flexibility index (Phi) is 5.17. The maximum absolute atomic E-state index is 11.8. The first-order chi connectivity index (χ1) is 10.1. The fourth-order valence-electron chi connectivity index (χ4n) is 2.01. The summed E-state index contributed by atoms with van der Waals surface area (Å²) in [6.45, 7) is 0.0562. The van der Waals surface area contributed by atoms with Crippen LogP contribution < -0.4 is 5.32 Å². The first-order valence-corrected chi connectivity index (χ1v) is 7.00. The Hall–Kier alpha value is -2.07. The van der Waals surface area contributed by atoms with Crippen molar-refractivity contribution in [2.75, 3.05) is 13.7 Å². The molecule has 4 nitrogen and oxygen atoms in total. The van der Waals surface area contributed by atoms with Crippen molar-refractivity contribution in [2.45, 2.75) is 11.8 Å². The third-order valence-electron chi connectivity index (χ3n) is 3.11. The molecule has 0 fully saturated rings. The lowest BCUT2D eigenvalue weighted by Gasteiger charge is -2.09. The molecule has 0 spiro atoms. The van der Waals surface area contributed by atoms with Crippen molar-refractivity contribution in [3.8, 4) is 0 Å². The zero-order chi connectivity index (χ0) is 15.2. The maximum Gasteiger partial charge on any atom is 0.325 e. The minimum Gasteiger partial charge on any atom is -0.468 e. The van der Waals surface area contributed by atoms with E-state index in [0.29, 0.717) is 0 Å². The molecule has 21 heavy (non-hydrogen) atoms.